The summed E-state index contributed by atoms with van der Waals surface area (Å²) in [5, 5.41) is 4.60. The van der Waals surface area contributed by atoms with E-state index in [0.717, 1.165) is 36.6 Å². The summed E-state index contributed by atoms with van der Waals surface area (Å²) in [6.07, 6.45) is 8.09. The molecule has 3 nitrogen and oxygen atoms in total. The van der Waals surface area contributed by atoms with Gasteiger partial charge in [0.15, 0.2) is 0 Å². The topological polar surface area (TPSA) is 52.3 Å². The van der Waals surface area contributed by atoms with Gasteiger partial charge in [-0.05, 0) is 65.2 Å². The first kappa shape index (κ1) is 19.4. The molecular weight excluding hydrogens is 334 g/mol. The van der Waals surface area contributed by atoms with Gasteiger partial charge in [0.05, 0.1) is 12.2 Å². The van der Waals surface area contributed by atoms with Crippen LogP contribution in [-0.2, 0) is 4.74 Å². The fraction of sp³-hybridized carbons (Fsp3) is 0.375. The lowest BCUT2D eigenvalue weighted by molar-refractivity contribution is 0.0498. The van der Waals surface area contributed by atoms with E-state index >= 15 is 0 Å². The van der Waals surface area contributed by atoms with E-state index in [9.17, 15) is 4.79 Å². The predicted molar refractivity (Wildman–Crippen MR) is 113 cm³/mol. The van der Waals surface area contributed by atoms with E-state index in [0.29, 0.717) is 12.2 Å². The first-order valence-electron chi connectivity index (χ1n) is 10.1. The van der Waals surface area contributed by atoms with Gasteiger partial charge in [0, 0.05) is 0 Å². The third-order valence-corrected chi connectivity index (χ3v) is 5.02. The van der Waals surface area contributed by atoms with E-state index < -0.39 is 0 Å². The summed E-state index contributed by atoms with van der Waals surface area (Å²) in [6.45, 7) is 1.29. The number of esters is 1. The number of fused-ring (bicyclic) bond motifs is 2. The maximum absolute atomic E-state index is 12.3. The minimum absolute atomic E-state index is 0.229. The second-order valence-electron chi connectivity index (χ2n) is 7.16. The number of rotatable bonds is 10. The van der Waals surface area contributed by atoms with Gasteiger partial charge >= 0.3 is 5.97 Å². The van der Waals surface area contributed by atoms with Crippen LogP contribution >= 0.6 is 0 Å². The average Bonchev–Trinajstić information content (AvgIpc) is 2.70. The van der Waals surface area contributed by atoms with E-state index in [1.165, 1.54) is 36.5 Å². The molecule has 0 bridgehead atoms. The zero-order valence-electron chi connectivity index (χ0n) is 16.0. The van der Waals surface area contributed by atoms with E-state index in [4.69, 9.17) is 10.5 Å². The second-order valence-corrected chi connectivity index (χ2v) is 7.16. The summed E-state index contributed by atoms with van der Waals surface area (Å²) in [5.41, 5.74) is 6.12. The maximum atomic E-state index is 12.3. The zero-order chi connectivity index (χ0) is 18.9. The third-order valence-electron chi connectivity index (χ3n) is 5.02. The van der Waals surface area contributed by atoms with Crippen molar-refractivity contribution in [2.75, 3.05) is 13.2 Å². The van der Waals surface area contributed by atoms with Gasteiger partial charge in [-0.15, -0.1) is 0 Å². The molecule has 0 aliphatic heterocycles. The summed E-state index contributed by atoms with van der Waals surface area (Å²) in [7, 11) is 0. The Kier molecular flexibility index (Phi) is 7.23. The first-order valence-corrected chi connectivity index (χ1v) is 10.1. The standard InChI is InChI=1S/C24H29NO2/c25-14-8-4-2-1-3-5-9-15-27-24(26)22-13-12-21-16-19-10-6-7-11-20(19)17-23(21)18-22/h6-7,10-13,16-18H,1-5,8-9,14-15,25H2. The van der Waals surface area contributed by atoms with Gasteiger partial charge in [0.2, 0.25) is 0 Å². The fourth-order valence-electron chi connectivity index (χ4n) is 3.45. The molecule has 0 spiro atoms. The van der Waals surface area contributed by atoms with Gasteiger partial charge in [-0.2, -0.15) is 0 Å². The SMILES string of the molecule is NCCCCCCCCCOC(=O)c1ccc2cc3ccccc3cc2c1. The Morgan fingerprint density at radius 3 is 2.00 bits per heavy atom. The smallest absolute Gasteiger partial charge is 0.338 e. The molecule has 142 valence electrons. The molecule has 3 heteroatoms. The molecule has 0 fully saturated rings. The lowest BCUT2D eigenvalue weighted by Gasteiger charge is -2.07. The highest BCUT2D eigenvalue weighted by Gasteiger charge is 2.08. The highest BCUT2D eigenvalue weighted by atomic mass is 16.5. The molecule has 0 amide bonds. The molecule has 0 atom stereocenters. The Balaban J connectivity index is 1.48. The molecule has 0 unspecified atom stereocenters. The van der Waals surface area contributed by atoms with Crippen molar-refractivity contribution in [3.05, 3.63) is 60.2 Å². The Bertz CT molecular complexity index is 888. The van der Waals surface area contributed by atoms with Crippen LogP contribution in [0.2, 0.25) is 0 Å². The number of benzene rings is 3. The van der Waals surface area contributed by atoms with Crippen molar-refractivity contribution < 1.29 is 9.53 Å². The van der Waals surface area contributed by atoms with E-state index in [-0.39, 0.29) is 5.97 Å². The van der Waals surface area contributed by atoms with Crippen LogP contribution < -0.4 is 5.73 Å². The Hall–Kier alpha value is -2.39. The summed E-state index contributed by atoms with van der Waals surface area (Å²) >= 11 is 0. The molecule has 0 aliphatic carbocycles. The van der Waals surface area contributed by atoms with Gasteiger partial charge < -0.3 is 10.5 Å². The molecule has 0 aliphatic rings. The summed E-state index contributed by atoms with van der Waals surface area (Å²) < 4.78 is 5.45. The Labute approximate surface area is 161 Å². The molecule has 3 aromatic rings. The van der Waals surface area contributed by atoms with Crippen molar-refractivity contribution in [2.24, 2.45) is 5.73 Å². The van der Waals surface area contributed by atoms with Crippen LogP contribution in [0.25, 0.3) is 21.5 Å². The number of hydrogen-bond acceptors (Lipinski definition) is 3. The highest BCUT2D eigenvalue weighted by Crippen LogP contribution is 2.24. The van der Waals surface area contributed by atoms with Gasteiger partial charge in [0.1, 0.15) is 0 Å². The van der Waals surface area contributed by atoms with Crippen molar-refractivity contribution in [1.82, 2.24) is 0 Å². The Morgan fingerprint density at radius 2 is 1.30 bits per heavy atom. The van der Waals surface area contributed by atoms with Crippen molar-refractivity contribution in [1.29, 1.82) is 0 Å². The molecular formula is C24H29NO2. The minimum Gasteiger partial charge on any atom is -0.462 e. The number of nitrogens with two attached hydrogens (primary N) is 1. The lowest BCUT2D eigenvalue weighted by atomic mass is 10.0. The van der Waals surface area contributed by atoms with E-state index in [2.05, 4.69) is 24.3 Å². The van der Waals surface area contributed by atoms with Crippen molar-refractivity contribution in [3.63, 3.8) is 0 Å². The Morgan fingerprint density at radius 1 is 0.704 bits per heavy atom. The highest BCUT2D eigenvalue weighted by molar-refractivity contribution is 6.01. The summed E-state index contributed by atoms with van der Waals surface area (Å²) in [6, 6.07) is 18.4. The van der Waals surface area contributed by atoms with Crippen molar-refractivity contribution in [2.45, 2.75) is 44.9 Å². The minimum atomic E-state index is -0.229. The van der Waals surface area contributed by atoms with Crippen LogP contribution in [0.3, 0.4) is 0 Å². The van der Waals surface area contributed by atoms with Gasteiger partial charge in [-0.1, -0.05) is 62.4 Å². The fourth-order valence-corrected chi connectivity index (χ4v) is 3.45. The van der Waals surface area contributed by atoms with E-state index in [1.807, 2.05) is 30.3 Å². The maximum Gasteiger partial charge on any atom is 0.338 e. The largest absolute Gasteiger partial charge is 0.462 e. The quantitative estimate of drug-likeness (QED) is 0.280. The molecule has 0 saturated carbocycles. The molecule has 0 aromatic heterocycles. The number of ether oxygens (including phenoxy) is 1. The number of carbonyl (C=O) groups is 1. The zero-order valence-corrected chi connectivity index (χ0v) is 16.0. The van der Waals surface area contributed by atoms with Crippen molar-refractivity contribution >= 4 is 27.5 Å². The van der Waals surface area contributed by atoms with Crippen LogP contribution in [0.5, 0.6) is 0 Å². The molecule has 27 heavy (non-hydrogen) atoms. The number of hydrogen-bond donors (Lipinski definition) is 1. The van der Waals surface area contributed by atoms with Crippen LogP contribution in [0.1, 0.15) is 55.3 Å². The van der Waals surface area contributed by atoms with E-state index in [1.54, 1.807) is 0 Å². The van der Waals surface area contributed by atoms with Crippen LogP contribution in [-0.4, -0.2) is 19.1 Å². The first-order chi connectivity index (χ1) is 13.3. The summed E-state index contributed by atoms with van der Waals surface area (Å²) in [4.78, 5) is 12.3. The molecule has 3 aromatic carbocycles. The molecule has 0 radical (unpaired) electrons. The normalized spacial score (nSPS) is 11.1. The molecule has 0 saturated heterocycles. The molecule has 3 rings (SSSR count). The predicted octanol–water partition coefficient (Wildman–Crippen LogP) is 5.84. The van der Waals surface area contributed by atoms with Crippen LogP contribution in [0.15, 0.2) is 54.6 Å². The van der Waals surface area contributed by atoms with Crippen LogP contribution in [0.4, 0.5) is 0 Å². The monoisotopic (exact) mass is 363 g/mol. The van der Waals surface area contributed by atoms with Gasteiger partial charge in [-0.3, -0.25) is 0 Å². The second kappa shape index (κ2) is 10.1. The van der Waals surface area contributed by atoms with Gasteiger partial charge in [-0.25, -0.2) is 4.79 Å². The third kappa shape index (κ3) is 5.54. The van der Waals surface area contributed by atoms with Gasteiger partial charge in [0.25, 0.3) is 0 Å². The molecule has 0 heterocycles. The van der Waals surface area contributed by atoms with Crippen LogP contribution in [0, 0.1) is 0 Å². The average molecular weight is 364 g/mol. The molecule has 2 N–H and O–H groups in total. The van der Waals surface area contributed by atoms with Crippen molar-refractivity contribution in [3.8, 4) is 0 Å². The number of carbonyl (C=O) groups excluding carboxylic acids is 1. The lowest BCUT2D eigenvalue weighted by Crippen LogP contribution is -2.06. The number of unbranched alkanes of at least 4 members (excludes halogenated alkanes) is 6. The summed E-state index contributed by atoms with van der Waals surface area (Å²) in [5.74, 6) is -0.229.